The van der Waals surface area contributed by atoms with Crippen LogP contribution in [0.15, 0.2) is 24.3 Å². The minimum absolute atomic E-state index is 0.157. The minimum Gasteiger partial charge on any atom is -0.342 e. The smallest absolute Gasteiger partial charge is 0.236 e. The Balaban J connectivity index is 2.04. The van der Waals surface area contributed by atoms with Crippen molar-refractivity contribution >= 4 is 17.5 Å². The highest BCUT2D eigenvalue weighted by Gasteiger charge is 2.29. The number of hydrogen-bond acceptors (Lipinski definition) is 2. The Morgan fingerprint density at radius 2 is 1.73 bits per heavy atom. The van der Waals surface area contributed by atoms with E-state index in [0.717, 1.165) is 43.8 Å². The molecule has 2 rings (SSSR count). The standard InChI is InChI=1S/C18H27ClN2O/c1-3-18(4-2,15-8-10-16(19)11-9-15)20-14-17(22)21-12-6-5-7-13-21/h8-11,20H,3-7,12-14H2,1-2H3. The van der Waals surface area contributed by atoms with Crippen LogP contribution in [0.1, 0.15) is 51.5 Å². The van der Waals surface area contributed by atoms with Crippen molar-refractivity contribution in [2.45, 2.75) is 51.5 Å². The van der Waals surface area contributed by atoms with Crippen LogP contribution in [-0.4, -0.2) is 30.4 Å². The van der Waals surface area contributed by atoms with Crippen molar-refractivity contribution in [1.82, 2.24) is 10.2 Å². The second-order valence-corrected chi connectivity index (χ2v) is 6.53. The Bertz CT molecular complexity index is 476. The summed E-state index contributed by atoms with van der Waals surface area (Å²) in [7, 11) is 0. The fraction of sp³-hybridized carbons (Fsp3) is 0.611. The van der Waals surface area contributed by atoms with Gasteiger partial charge in [-0.25, -0.2) is 0 Å². The van der Waals surface area contributed by atoms with Crippen molar-refractivity contribution in [2.75, 3.05) is 19.6 Å². The van der Waals surface area contributed by atoms with Crippen molar-refractivity contribution in [3.8, 4) is 0 Å². The zero-order chi connectivity index (χ0) is 16.0. The van der Waals surface area contributed by atoms with Gasteiger partial charge in [0.15, 0.2) is 0 Å². The molecule has 1 aromatic carbocycles. The Kier molecular flexibility index (Phi) is 6.27. The lowest BCUT2D eigenvalue weighted by atomic mass is 9.84. The van der Waals surface area contributed by atoms with E-state index in [-0.39, 0.29) is 11.4 Å². The SMILES string of the molecule is CCC(CC)(NCC(=O)N1CCCCC1)c1ccc(Cl)cc1. The van der Waals surface area contributed by atoms with Gasteiger partial charge < -0.3 is 4.90 Å². The summed E-state index contributed by atoms with van der Waals surface area (Å²) in [6.07, 6.45) is 5.40. The molecular formula is C18H27ClN2O. The van der Waals surface area contributed by atoms with E-state index in [1.807, 2.05) is 17.0 Å². The van der Waals surface area contributed by atoms with Crippen molar-refractivity contribution < 1.29 is 4.79 Å². The highest BCUT2D eigenvalue weighted by molar-refractivity contribution is 6.30. The number of hydrogen-bond donors (Lipinski definition) is 1. The third-order valence-electron chi connectivity index (χ3n) is 4.89. The lowest BCUT2D eigenvalue weighted by Crippen LogP contribution is -2.48. The third-order valence-corrected chi connectivity index (χ3v) is 5.14. The van der Waals surface area contributed by atoms with Crippen LogP contribution < -0.4 is 5.32 Å². The molecule has 0 bridgehead atoms. The number of carbonyl (C=O) groups is 1. The van der Waals surface area contributed by atoms with Crippen LogP contribution in [0.2, 0.25) is 5.02 Å². The normalized spacial score (nSPS) is 15.9. The van der Waals surface area contributed by atoms with E-state index in [4.69, 9.17) is 11.6 Å². The van der Waals surface area contributed by atoms with Crippen molar-refractivity contribution in [3.63, 3.8) is 0 Å². The zero-order valence-electron chi connectivity index (χ0n) is 13.7. The molecule has 0 atom stereocenters. The molecule has 1 heterocycles. The molecule has 1 saturated heterocycles. The lowest BCUT2D eigenvalue weighted by Gasteiger charge is -2.35. The van der Waals surface area contributed by atoms with Crippen LogP contribution in [0.5, 0.6) is 0 Å². The molecular weight excluding hydrogens is 296 g/mol. The van der Waals surface area contributed by atoms with E-state index in [1.54, 1.807) is 0 Å². The summed E-state index contributed by atoms with van der Waals surface area (Å²) < 4.78 is 0. The zero-order valence-corrected chi connectivity index (χ0v) is 14.5. The van der Waals surface area contributed by atoms with Gasteiger partial charge >= 0.3 is 0 Å². The molecule has 0 unspecified atom stereocenters. The van der Waals surface area contributed by atoms with E-state index in [1.165, 1.54) is 12.0 Å². The second kappa shape index (κ2) is 7.98. The molecule has 1 N–H and O–H groups in total. The Labute approximate surface area is 139 Å². The molecule has 0 saturated carbocycles. The molecule has 122 valence electrons. The van der Waals surface area contributed by atoms with Crippen molar-refractivity contribution in [3.05, 3.63) is 34.9 Å². The highest BCUT2D eigenvalue weighted by atomic mass is 35.5. The maximum absolute atomic E-state index is 12.4. The van der Waals surface area contributed by atoms with Crippen LogP contribution in [0.4, 0.5) is 0 Å². The Morgan fingerprint density at radius 3 is 2.27 bits per heavy atom. The molecule has 1 aliphatic heterocycles. The number of rotatable bonds is 6. The van der Waals surface area contributed by atoms with Crippen molar-refractivity contribution in [1.29, 1.82) is 0 Å². The molecule has 3 nitrogen and oxygen atoms in total. The fourth-order valence-electron chi connectivity index (χ4n) is 3.28. The number of amides is 1. The number of likely N-dealkylation sites (tertiary alicyclic amines) is 1. The maximum Gasteiger partial charge on any atom is 0.236 e. The van der Waals surface area contributed by atoms with Gasteiger partial charge in [-0.3, -0.25) is 10.1 Å². The van der Waals surface area contributed by atoms with Gasteiger partial charge in [0.05, 0.1) is 6.54 Å². The fourth-order valence-corrected chi connectivity index (χ4v) is 3.41. The molecule has 0 aliphatic carbocycles. The lowest BCUT2D eigenvalue weighted by molar-refractivity contribution is -0.131. The molecule has 0 spiro atoms. The van der Waals surface area contributed by atoms with Gasteiger partial charge in [-0.2, -0.15) is 0 Å². The number of benzene rings is 1. The molecule has 22 heavy (non-hydrogen) atoms. The molecule has 1 aromatic rings. The maximum atomic E-state index is 12.4. The van der Waals surface area contributed by atoms with Gasteiger partial charge in [-0.1, -0.05) is 37.6 Å². The topological polar surface area (TPSA) is 32.3 Å². The van der Waals surface area contributed by atoms with E-state index >= 15 is 0 Å². The summed E-state index contributed by atoms with van der Waals surface area (Å²) in [5.74, 6) is 0.222. The van der Waals surface area contributed by atoms with Gasteiger partial charge in [0.25, 0.3) is 0 Å². The number of piperidine rings is 1. The molecule has 1 amide bonds. The van der Waals surface area contributed by atoms with Gasteiger partial charge in [0.2, 0.25) is 5.91 Å². The summed E-state index contributed by atoms with van der Waals surface area (Å²) in [6, 6.07) is 7.97. The van der Waals surface area contributed by atoms with Crippen LogP contribution in [0.3, 0.4) is 0 Å². The Hall–Kier alpha value is -1.06. The second-order valence-electron chi connectivity index (χ2n) is 6.09. The van der Waals surface area contributed by atoms with Gasteiger partial charge in [-0.15, -0.1) is 0 Å². The molecule has 1 fully saturated rings. The van der Waals surface area contributed by atoms with Gasteiger partial charge in [-0.05, 0) is 49.8 Å². The first kappa shape index (κ1) is 17.3. The number of halogens is 1. The number of nitrogens with one attached hydrogen (secondary N) is 1. The van der Waals surface area contributed by atoms with Crippen LogP contribution in [0.25, 0.3) is 0 Å². The minimum atomic E-state index is -0.157. The van der Waals surface area contributed by atoms with E-state index in [9.17, 15) is 4.79 Å². The largest absolute Gasteiger partial charge is 0.342 e. The molecule has 0 radical (unpaired) electrons. The molecule has 0 aromatic heterocycles. The van der Waals surface area contributed by atoms with E-state index in [2.05, 4.69) is 31.3 Å². The number of carbonyl (C=O) groups excluding carboxylic acids is 1. The first-order valence-electron chi connectivity index (χ1n) is 8.40. The van der Waals surface area contributed by atoms with Crippen LogP contribution >= 0.6 is 11.6 Å². The Morgan fingerprint density at radius 1 is 1.14 bits per heavy atom. The van der Waals surface area contributed by atoms with Crippen LogP contribution in [-0.2, 0) is 10.3 Å². The summed E-state index contributed by atoms with van der Waals surface area (Å²) in [5, 5.41) is 4.28. The summed E-state index contributed by atoms with van der Waals surface area (Å²) in [5.41, 5.74) is 1.05. The first-order chi connectivity index (χ1) is 10.6. The van der Waals surface area contributed by atoms with Crippen LogP contribution in [0, 0.1) is 0 Å². The van der Waals surface area contributed by atoms with E-state index < -0.39 is 0 Å². The average molecular weight is 323 g/mol. The van der Waals surface area contributed by atoms with Gasteiger partial charge in [0.1, 0.15) is 0 Å². The summed E-state index contributed by atoms with van der Waals surface area (Å²) in [6.45, 7) is 6.55. The average Bonchev–Trinajstić information content (AvgIpc) is 2.58. The summed E-state index contributed by atoms with van der Waals surface area (Å²) in [4.78, 5) is 14.4. The highest BCUT2D eigenvalue weighted by Crippen LogP contribution is 2.29. The molecule has 1 aliphatic rings. The van der Waals surface area contributed by atoms with E-state index in [0.29, 0.717) is 6.54 Å². The predicted molar refractivity (Wildman–Crippen MR) is 92.1 cm³/mol. The first-order valence-corrected chi connectivity index (χ1v) is 8.78. The third kappa shape index (κ3) is 4.02. The quantitative estimate of drug-likeness (QED) is 0.860. The monoisotopic (exact) mass is 322 g/mol. The summed E-state index contributed by atoms with van der Waals surface area (Å²) >= 11 is 6.00. The van der Waals surface area contributed by atoms with Gasteiger partial charge in [0, 0.05) is 23.7 Å². The predicted octanol–water partition coefficient (Wildman–Crippen LogP) is 3.96. The van der Waals surface area contributed by atoms with Crippen molar-refractivity contribution in [2.24, 2.45) is 0 Å². The number of nitrogens with zero attached hydrogens (tertiary/aromatic N) is 1. The molecule has 4 heteroatoms.